The third kappa shape index (κ3) is 7.35. The summed E-state index contributed by atoms with van der Waals surface area (Å²) in [6, 6.07) is 5.31. The van der Waals surface area contributed by atoms with E-state index in [2.05, 4.69) is 39.8 Å². The van der Waals surface area contributed by atoms with Gasteiger partial charge in [-0.3, -0.25) is 0 Å². The number of ether oxygens (including phenoxy) is 3. The summed E-state index contributed by atoms with van der Waals surface area (Å²) in [5.74, 6) is 1.00. The van der Waals surface area contributed by atoms with Gasteiger partial charge in [-0.1, -0.05) is 42.4 Å². The Bertz CT molecular complexity index is 991. The lowest BCUT2D eigenvalue weighted by molar-refractivity contribution is 0.275. The van der Waals surface area contributed by atoms with Gasteiger partial charge in [-0.05, 0) is 64.7 Å². The normalized spacial score (nSPS) is 11.7. The maximum atomic E-state index is 12.6. The summed E-state index contributed by atoms with van der Waals surface area (Å²) in [4.78, 5) is 12.6. The van der Waals surface area contributed by atoms with Crippen LogP contribution in [0.4, 0.5) is 0 Å². The number of allylic oxidation sites excluding steroid dienone is 4. The van der Waals surface area contributed by atoms with E-state index in [-0.39, 0.29) is 5.75 Å². The summed E-state index contributed by atoms with van der Waals surface area (Å²) >= 11 is 0. The van der Waals surface area contributed by atoms with Crippen molar-refractivity contribution in [1.29, 1.82) is 0 Å². The molecule has 0 aliphatic heterocycles. The van der Waals surface area contributed by atoms with Gasteiger partial charge in [0, 0.05) is 0 Å². The largest absolute Gasteiger partial charge is 0.496 e. The van der Waals surface area contributed by atoms with E-state index in [1.165, 1.54) is 11.1 Å². The smallest absolute Gasteiger partial charge is 0.383 e. The molecule has 2 aromatic rings. The highest BCUT2D eigenvalue weighted by Crippen LogP contribution is 2.38. The van der Waals surface area contributed by atoms with Crippen LogP contribution in [0.3, 0.4) is 0 Å². The van der Waals surface area contributed by atoms with E-state index in [1.54, 1.807) is 19.2 Å². The van der Waals surface area contributed by atoms with Crippen molar-refractivity contribution >= 4 is 11.0 Å². The van der Waals surface area contributed by atoms with Crippen molar-refractivity contribution in [3.63, 3.8) is 0 Å². The molecule has 5 heteroatoms. The first-order valence-electron chi connectivity index (χ1n) is 10.8. The van der Waals surface area contributed by atoms with Gasteiger partial charge in [-0.15, -0.1) is 0 Å². The minimum absolute atomic E-state index is 0.0810. The van der Waals surface area contributed by atoms with Crippen LogP contribution in [0.5, 0.6) is 17.2 Å². The second kappa shape index (κ2) is 12.7. The third-order valence-electron chi connectivity index (χ3n) is 4.71. The molecule has 2 rings (SSSR count). The maximum Gasteiger partial charge on any atom is 0.383 e. The van der Waals surface area contributed by atoms with E-state index in [9.17, 15) is 4.79 Å². The molecule has 0 aliphatic rings. The first kappa shape index (κ1) is 24.3. The fourth-order valence-corrected chi connectivity index (χ4v) is 3.08. The third-order valence-corrected chi connectivity index (χ3v) is 4.71. The number of fused-ring (bicyclic) bond motifs is 1. The van der Waals surface area contributed by atoms with Crippen LogP contribution in [-0.2, 0) is 0 Å². The molecule has 0 amide bonds. The van der Waals surface area contributed by atoms with Crippen LogP contribution in [0.15, 0.2) is 62.9 Å². The van der Waals surface area contributed by atoms with Crippen LogP contribution in [0.25, 0.3) is 11.0 Å². The molecule has 0 saturated heterocycles. The summed E-state index contributed by atoms with van der Waals surface area (Å²) < 4.78 is 22.8. The zero-order valence-corrected chi connectivity index (χ0v) is 19.3. The van der Waals surface area contributed by atoms with Crippen molar-refractivity contribution in [2.24, 2.45) is 0 Å². The predicted octanol–water partition coefficient (Wildman–Crippen LogP) is 6.61. The lowest BCUT2D eigenvalue weighted by Gasteiger charge is -2.14. The fraction of sp³-hybridized carbons (Fsp3) is 0.423. The molecule has 0 aliphatic carbocycles. The molecule has 0 fully saturated rings. The molecule has 1 heterocycles. The first-order valence-corrected chi connectivity index (χ1v) is 10.8. The quantitative estimate of drug-likeness (QED) is 0.217. The van der Waals surface area contributed by atoms with Gasteiger partial charge >= 0.3 is 5.63 Å². The van der Waals surface area contributed by atoms with Crippen LogP contribution in [0, 0.1) is 0 Å². The molecule has 0 spiro atoms. The zero-order valence-electron chi connectivity index (χ0n) is 19.3. The van der Waals surface area contributed by atoms with Gasteiger partial charge in [0.15, 0.2) is 5.75 Å². The van der Waals surface area contributed by atoms with Crippen molar-refractivity contribution < 1.29 is 18.6 Å². The summed E-state index contributed by atoms with van der Waals surface area (Å²) in [5, 5.41) is 0.597. The molecule has 0 atom stereocenters. The highest BCUT2D eigenvalue weighted by Gasteiger charge is 2.20. The Morgan fingerprint density at radius 2 is 1.84 bits per heavy atom. The Morgan fingerprint density at radius 1 is 1.03 bits per heavy atom. The van der Waals surface area contributed by atoms with E-state index in [4.69, 9.17) is 18.6 Å². The number of benzene rings is 1. The lowest BCUT2D eigenvalue weighted by atomic mass is 10.1. The minimum atomic E-state index is -0.556. The maximum absolute atomic E-state index is 12.6. The number of hydrogen-bond donors (Lipinski definition) is 0. The molecule has 168 valence electrons. The molecule has 1 aromatic carbocycles. The highest BCUT2D eigenvalue weighted by molar-refractivity contribution is 5.91. The molecule has 0 unspecified atom stereocenters. The van der Waals surface area contributed by atoms with Crippen LogP contribution in [-0.4, -0.2) is 20.3 Å². The Morgan fingerprint density at radius 3 is 2.55 bits per heavy atom. The molecule has 5 nitrogen and oxygen atoms in total. The van der Waals surface area contributed by atoms with Crippen molar-refractivity contribution in [3.05, 3.63) is 64.1 Å². The summed E-state index contributed by atoms with van der Waals surface area (Å²) in [7, 11) is 1.58. The van der Waals surface area contributed by atoms with E-state index in [0.717, 1.165) is 19.3 Å². The van der Waals surface area contributed by atoms with E-state index in [0.29, 0.717) is 42.1 Å². The molecule has 0 N–H and O–H groups in total. The Labute approximate surface area is 185 Å². The first-order chi connectivity index (χ1) is 15.0. The summed E-state index contributed by atoms with van der Waals surface area (Å²) in [6.45, 7) is 9.03. The molecular formula is C26H34O5. The Balaban J connectivity index is 2.31. The van der Waals surface area contributed by atoms with Gasteiger partial charge in [0.2, 0.25) is 5.75 Å². The van der Waals surface area contributed by atoms with Crippen LogP contribution >= 0.6 is 0 Å². The molecule has 31 heavy (non-hydrogen) atoms. The zero-order chi connectivity index (χ0) is 22.6. The summed E-state index contributed by atoms with van der Waals surface area (Å²) in [5.41, 5.74) is 2.39. The van der Waals surface area contributed by atoms with Gasteiger partial charge in [0.25, 0.3) is 0 Å². The average Bonchev–Trinajstić information content (AvgIpc) is 2.74. The monoisotopic (exact) mass is 426 g/mol. The van der Waals surface area contributed by atoms with Crippen LogP contribution in [0.2, 0.25) is 0 Å². The number of rotatable bonds is 12. The van der Waals surface area contributed by atoms with Crippen molar-refractivity contribution in [1.82, 2.24) is 0 Å². The topological polar surface area (TPSA) is 57.9 Å². The van der Waals surface area contributed by atoms with E-state index < -0.39 is 5.63 Å². The minimum Gasteiger partial charge on any atom is -0.496 e. The number of methoxy groups -OCH3 is 1. The predicted molar refractivity (Wildman–Crippen MR) is 126 cm³/mol. The summed E-state index contributed by atoms with van der Waals surface area (Å²) in [6.07, 6.45) is 12.0. The highest BCUT2D eigenvalue weighted by atomic mass is 16.5. The van der Waals surface area contributed by atoms with Crippen LogP contribution < -0.4 is 19.8 Å². The lowest BCUT2D eigenvalue weighted by Crippen LogP contribution is -2.11. The van der Waals surface area contributed by atoms with Gasteiger partial charge in [0.05, 0.1) is 13.7 Å². The SMILES string of the molecule is CCC=CCCOc1c(OCC=C(C)CCC=C(C)C)c2c(OC)cccc2oc1=O. The molecule has 0 bridgehead atoms. The van der Waals surface area contributed by atoms with E-state index in [1.807, 2.05) is 18.2 Å². The van der Waals surface area contributed by atoms with Crippen molar-refractivity contribution in [3.8, 4) is 17.2 Å². The van der Waals surface area contributed by atoms with E-state index >= 15 is 0 Å². The molecule has 0 saturated carbocycles. The van der Waals surface area contributed by atoms with Gasteiger partial charge in [0.1, 0.15) is 23.3 Å². The molecule has 1 aromatic heterocycles. The van der Waals surface area contributed by atoms with Crippen LogP contribution in [0.1, 0.15) is 53.4 Å². The average molecular weight is 427 g/mol. The standard InChI is InChI=1S/C26H34O5/c1-6-7-8-9-17-29-25-24(30-18-16-20(4)13-10-12-19(2)3)23-21(28-5)14-11-15-22(23)31-26(25)27/h7-8,11-12,14-16H,6,9-10,13,17-18H2,1-5H3. The van der Waals surface area contributed by atoms with Gasteiger partial charge < -0.3 is 18.6 Å². The second-order valence-electron chi connectivity index (χ2n) is 7.58. The Hall–Kier alpha value is -2.95. The number of hydrogen-bond acceptors (Lipinski definition) is 5. The van der Waals surface area contributed by atoms with Crippen molar-refractivity contribution in [2.75, 3.05) is 20.3 Å². The second-order valence-corrected chi connectivity index (χ2v) is 7.58. The van der Waals surface area contributed by atoms with Gasteiger partial charge in [-0.25, -0.2) is 4.79 Å². The fourth-order valence-electron chi connectivity index (χ4n) is 3.08. The molecule has 0 radical (unpaired) electrons. The molecular weight excluding hydrogens is 392 g/mol. The Kier molecular flexibility index (Phi) is 9.95. The van der Waals surface area contributed by atoms with Crippen molar-refractivity contribution in [2.45, 2.75) is 53.4 Å². The van der Waals surface area contributed by atoms with Gasteiger partial charge in [-0.2, -0.15) is 0 Å².